The number of nitrogens with two attached hydrogens (primary N) is 1. The van der Waals surface area contributed by atoms with E-state index in [1.807, 2.05) is 25.1 Å². The molecule has 0 spiro atoms. The summed E-state index contributed by atoms with van der Waals surface area (Å²) in [6, 6.07) is 10.7. The normalized spacial score (nSPS) is 11.6. The average molecular weight is 357 g/mol. The molecule has 1 aromatic heterocycles. The molecule has 25 heavy (non-hydrogen) atoms. The summed E-state index contributed by atoms with van der Waals surface area (Å²) in [5.41, 5.74) is 9.17. The predicted octanol–water partition coefficient (Wildman–Crippen LogP) is 2.47. The first-order chi connectivity index (χ1) is 11.7. The molecule has 0 aliphatic heterocycles. The van der Waals surface area contributed by atoms with Crippen molar-refractivity contribution in [3.05, 3.63) is 58.5 Å². The molecule has 3 rings (SSSR count). The maximum Gasteiger partial charge on any atom is 0.258 e. The van der Waals surface area contributed by atoms with Crippen molar-refractivity contribution in [3.8, 4) is 11.1 Å². The predicted molar refractivity (Wildman–Crippen MR) is 102 cm³/mol. The topological polar surface area (TPSA) is 94.2 Å². The number of anilines is 2. The molecule has 0 saturated heterocycles. The van der Waals surface area contributed by atoms with Crippen molar-refractivity contribution >= 4 is 32.2 Å². The second-order valence-corrected chi connectivity index (χ2v) is 7.92. The van der Waals surface area contributed by atoms with Crippen molar-refractivity contribution in [2.75, 3.05) is 16.7 Å². The molecule has 130 valence electrons. The average Bonchev–Trinajstić information content (AvgIpc) is 2.52. The number of sulfonamides is 1. The van der Waals surface area contributed by atoms with Crippen molar-refractivity contribution in [2.24, 2.45) is 7.05 Å². The van der Waals surface area contributed by atoms with Crippen LogP contribution in [0, 0.1) is 6.92 Å². The number of nitrogen functional groups attached to an aromatic ring is 1. The monoisotopic (exact) mass is 357 g/mol. The number of nitrogens with zero attached hydrogens (tertiary/aromatic N) is 1. The van der Waals surface area contributed by atoms with Gasteiger partial charge in [0.15, 0.2) is 0 Å². The number of benzene rings is 2. The van der Waals surface area contributed by atoms with Crippen LogP contribution in [0.4, 0.5) is 11.4 Å². The van der Waals surface area contributed by atoms with Gasteiger partial charge < -0.3 is 10.3 Å². The Kier molecular flexibility index (Phi) is 4.04. The lowest BCUT2D eigenvalue weighted by atomic mass is 9.98. The van der Waals surface area contributed by atoms with E-state index in [4.69, 9.17) is 5.73 Å². The van der Waals surface area contributed by atoms with Crippen molar-refractivity contribution in [1.82, 2.24) is 4.57 Å². The van der Waals surface area contributed by atoms with Crippen LogP contribution in [0.2, 0.25) is 0 Å². The number of pyridine rings is 1. The highest BCUT2D eigenvalue weighted by molar-refractivity contribution is 7.92. The van der Waals surface area contributed by atoms with E-state index in [0.29, 0.717) is 16.8 Å². The second kappa shape index (κ2) is 5.93. The Morgan fingerprint density at radius 1 is 1.08 bits per heavy atom. The minimum Gasteiger partial charge on any atom is -0.399 e. The summed E-state index contributed by atoms with van der Waals surface area (Å²) in [4.78, 5) is 12.4. The zero-order valence-corrected chi connectivity index (χ0v) is 15.0. The molecule has 0 radical (unpaired) electrons. The van der Waals surface area contributed by atoms with Crippen LogP contribution in [0.25, 0.3) is 21.9 Å². The third kappa shape index (κ3) is 3.36. The van der Waals surface area contributed by atoms with E-state index in [0.717, 1.165) is 28.3 Å². The summed E-state index contributed by atoms with van der Waals surface area (Å²) in [6.07, 6.45) is 2.86. The SMILES string of the molecule is Cc1ccc(-c2cn(C)c(=O)c3cc(N)ccc23)cc1NS(C)(=O)=O. The van der Waals surface area contributed by atoms with Gasteiger partial charge in [-0.2, -0.15) is 0 Å². The Hall–Kier alpha value is -2.80. The highest BCUT2D eigenvalue weighted by atomic mass is 32.2. The van der Waals surface area contributed by atoms with Gasteiger partial charge in [-0.15, -0.1) is 0 Å². The lowest BCUT2D eigenvalue weighted by molar-refractivity contribution is 0.607. The number of rotatable bonds is 3. The van der Waals surface area contributed by atoms with Gasteiger partial charge in [-0.25, -0.2) is 8.42 Å². The number of hydrogen-bond acceptors (Lipinski definition) is 4. The Bertz CT molecular complexity index is 1150. The zero-order chi connectivity index (χ0) is 18.4. The largest absolute Gasteiger partial charge is 0.399 e. The fourth-order valence-electron chi connectivity index (χ4n) is 2.81. The summed E-state index contributed by atoms with van der Waals surface area (Å²) >= 11 is 0. The van der Waals surface area contributed by atoms with E-state index in [1.165, 1.54) is 4.57 Å². The molecule has 0 amide bonds. The molecular formula is C18H19N3O3S. The number of aromatic nitrogens is 1. The molecule has 0 bridgehead atoms. The van der Waals surface area contributed by atoms with Crippen molar-refractivity contribution < 1.29 is 8.42 Å². The number of hydrogen-bond donors (Lipinski definition) is 2. The van der Waals surface area contributed by atoms with Gasteiger partial charge in [0.05, 0.1) is 11.9 Å². The Morgan fingerprint density at radius 2 is 1.80 bits per heavy atom. The Balaban J connectivity index is 2.29. The van der Waals surface area contributed by atoms with E-state index in [-0.39, 0.29) is 5.56 Å². The fraction of sp³-hybridized carbons (Fsp3) is 0.167. The molecule has 3 N–H and O–H groups in total. The summed E-state index contributed by atoms with van der Waals surface area (Å²) in [7, 11) is -1.70. The number of fused-ring (bicyclic) bond motifs is 1. The Morgan fingerprint density at radius 3 is 2.48 bits per heavy atom. The molecule has 0 fully saturated rings. The van der Waals surface area contributed by atoms with Crippen molar-refractivity contribution in [2.45, 2.75) is 6.92 Å². The van der Waals surface area contributed by atoms with Gasteiger partial charge in [-0.05, 0) is 41.6 Å². The first-order valence-corrected chi connectivity index (χ1v) is 9.52. The van der Waals surface area contributed by atoms with E-state index >= 15 is 0 Å². The number of nitrogens with one attached hydrogen (secondary N) is 1. The lowest BCUT2D eigenvalue weighted by Gasteiger charge is -2.13. The number of aryl methyl sites for hydroxylation is 2. The molecule has 0 unspecified atom stereocenters. The van der Waals surface area contributed by atoms with Gasteiger partial charge in [0.1, 0.15) is 0 Å². The van der Waals surface area contributed by atoms with Crippen LogP contribution in [0.3, 0.4) is 0 Å². The smallest absolute Gasteiger partial charge is 0.258 e. The summed E-state index contributed by atoms with van der Waals surface area (Å²) in [5.74, 6) is 0. The van der Waals surface area contributed by atoms with Gasteiger partial charge in [-0.3, -0.25) is 9.52 Å². The van der Waals surface area contributed by atoms with Crippen LogP contribution >= 0.6 is 0 Å². The van der Waals surface area contributed by atoms with E-state index in [9.17, 15) is 13.2 Å². The molecule has 0 saturated carbocycles. The zero-order valence-electron chi connectivity index (χ0n) is 14.2. The van der Waals surface area contributed by atoms with Crippen LogP contribution in [-0.4, -0.2) is 19.2 Å². The molecule has 0 atom stereocenters. The molecule has 0 aliphatic carbocycles. The van der Waals surface area contributed by atoms with Crippen LogP contribution in [0.5, 0.6) is 0 Å². The molecular weight excluding hydrogens is 338 g/mol. The standard InChI is InChI=1S/C18H19N3O3S/c1-11-4-5-12(8-17(11)20-25(3,23)24)16-10-21(2)18(22)15-9-13(19)6-7-14(15)16/h4-10,20H,19H2,1-3H3. The minimum atomic E-state index is -3.38. The maximum atomic E-state index is 12.4. The van der Waals surface area contributed by atoms with Crippen molar-refractivity contribution in [1.29, 1.82) is 0 Å². The van der Waals surface area contributed by atoms with Gasteiger partial charge in [0, 0.05) is 29.9 Å². The maximum absolute atomic E-state index is 12.4. The molecule has 2 aromatic carbocycles. The lowest BCUT2D eigenvalue weighted by Crippen LogP contribution is -2.16. The first-order valence-electron chi connectivity index (χ1n) is 7.63. The van der Waals surface area contributed by atoms with Gasteiger partial charge in [0.25, 0.3) is 5.56 Å². The highest BCUT2D eigenvalue weighted by Crippen LogP contribution is 2.31. The molecule has 0 aliphatic rings. The molecule has 7 heteroatoms. The molecule has 6 nitrogen and oxygen atoms in total. The minimum absolute atomic E-state index is 0.132. The van der Waals surface area contributed by atoms with E-state index in [2.05, 4.69) is 4.72 Å². The summed E-state index contributed by atoms with van der Waals surface area (Å²) in [5, 5.41) is 1.30. The van der Waals surface area contributed by atoms with Crippen LogP contribution in [0.1, 0.15) is 5.56 Å². The summed E-state index contributed by atoms with van der Waals surface area (Å²) < 4.78 is 27.2. The fourth-order valence-corrected chi connectivity index (χ4v) is 3.43. The third-order valence-electron chi connectivity index (χ3n) is 4.05. The first kappa shape index (κ1) is 17.0. The van der Waals surface area contributed by atoms with Crippen LogP contribution in [-0.2, 0) is 17.1 Å². The second-order valence-electron chi connectivity index (χ2n) is 6.17. The summed E-state index contributed by atoms with van der Waals surface area (Å²) in [6.45, 7) is 1.83. The van der Waals surface area contributed by atoms with E-state index in [1.54, 1.807) is 31.4 Å². The third-order valence-corrected chi connectivity index (χ3v) is 4.64. The van der Waals surface area contributed by atoms with Crippen LogP contribution < -0.4 is 16.0 Å². The highest BCUT2D eigenvalue weighted by Gasteiger charge is 2.12. The van der Waals surface area contributed by atoms with Crippen LogP contribution in [0.15, 0.2) is 47.4 Å². The van der Waals surface area contributed by atoms with Gasteiger partial charge in [0.2, 0.25) is 10.0 Å². The molecule has 3 aromatic rings. The molecule has 1 heterocycles. The quantitative estimate of drug-likeness (QED) is 0.704. The van der Waals surface area contributed by atoms with Crippen molar-refractivity contribution in [3.63, 3.8) is 0 Å². The van der Waals surface area contributed by atoms with Gasteiger partial charge in [-0.1, -0.05) is 18.2 Å². The van der Waals surface area contributed by atoms with E-state index < -0.39 is 10.0 Å². The van der Waals surface area contributed by atoms with Gasteiger partial charge >= 0.3 is 0 Å². The Labute approximate surface area is 146 Å².